The minimum absolute atomic E-state index is 0.297. The maximum Gasteiger partial charge on any atom is 0.237 e. The van der Waals surface area contributed by atoms with Gasteiger partial charge in [-0.05, 0) is 57.9 Å². The Balaban J connectivity index is 2.20. The van der Waals surface area contributed by atoms with Gasteiger partial charge in [-0.2, -0.15) is 0 Å². The molecular formula is C15H30N2O2. The molecule has 0 saturated heterocycles. The van der Waals surface area contributed by atoms with Gasteiger partial charge in [0, 0.05) is 6.61 Å². The van der Waals surface area contributed by atoms with Gasteiger partial charge in [-0.1, -0.05) is 13.8 Å². The molecule has 1 rings (SSSR count). The van der Waals surface area contributed by atoms with Gasteiger partial charge in [0.2, 0.25) is 5.91 Å². The number of carbonyl (C=O) groups is 1. The van der Waals surface area contributed by atoms with Crippen LogP contribution in [-0.2, 0) is 9.53 Å². The lowest BCUT2D eigenvalue weighted by Gasteiger charge is -2.34. The third-order valence-electron chi connectivity index (χ3n) is 4.56. The van der Waals surface area contributed by atoms with Crippen molar-refractivity contribution in [3.05, 3.63) is 0 Å². The second-order valence-corrected chi connectivity index (χ2v) is 6.78. The Bertz CT molecular complexity index is 295. The van der Waals surface area contributed by atoms with E-state index in [0.717, 1.165) is 32.3 Å². The molecule has 0 aliphatic heterocycles. The van der Waals surface area contributed by atoms with E-state index < -0.39 is 5.54 Å². The van der Waals surface area contributed by atoms with Crippen LogP contribution in [0.25, 0.3) is 0 Å². The van der Waals surface area contributed by atoms with Gasteiger partial charge in [-0.25, -0.2) is 0 Å². The Morgan fingerprint density at radius 2 is 2.00 bits per heavy atom. The third-order valence-corrected chi connectivity index (χ3v) is 4.56. The van der Waals surface area contributed by atoms with E-state index in [1.165, 1.54) is 12.8 Å². The van der Waals surface area contributed by atoms with Crippen LogP contribution in [0.5, 0.6) is 0 Å². The number of nitrogens with two attached hydrogens (primary N) is 1. The summed E-state index contributed by atoms with van der Waals surface area (Å²) in [6.07, 6.45) is 6.79. The van der Waals surface area contributed by atoms with Gasteiger partial charge in [0.05, 0.1) is 11.6 Å². The fourth-order valence-electron chi connectivity index (χ4n) is 2.59. The number of likely N-dealkylation sites (N-methyl/N-ethyl adjacent to an activating group) is 1. The summed E-state index contributed by atoms with van der Waals surface area (Å²) in [6, 6.07) is 0. The third kappa shape index (κ3) is 5.11. The molecule has 0 bridgehead atoms. The summed E-state index contributed by atoms with van der Waals surface area (Å²) in [4.78, 5) is 11.3. The minimum Gasteiger partial charge on any atom is -0.378 e. The topological polar surface area (TPSA) is 64.3 Å². The van der Waals surface area contributed by atoms with Gasteiger partial charge in [0.15, 0.2) is 0 Å². The molecule has 1 aliphatic rings. The largest absolute Gasteiger partial charge is 0.378 e. The van der Waals surface area contributed by atoms with Crippen molar-refractivity contribution < 1.29 is 9.53 Å². The summed E-state index contributed by atoms with van der Waals surface area (Å²) >= 11 is 0. The van der Waals surface area contributed by atoms with Gasteiger partial charge in [-0.3, -0.25) is 4.79 Å². The van der Waals surface area contributed by atoms with Crippen LogP contribution in [0.3, 0.4) is 0 Å². The quantitative estimate of drug-likeness (QED) is 0.697. The summed E-state index contributed by atoms with van der Waals surface area (Å²) in [5, 5.41) is 3.00. The summed E-state index contributed by atoms with van der Waals surface area (Å²) in [5.41, 5.74) is 5.26. The van der Waals surface area contributed by atoms with Crippen LogP contribution in [0.1, 0.15) is 59.3 Å². The predicted octanol–water partition coefficient (Wildman–Crippen LogP) is 2.22. The van der Waals surface area contributed by atoms with Gasteiger partial charge in [0.1, 0.15) is 0 Å². The van der Waals surface area contributed by atoms with Crippen LogP contribution in [0.15, 0.2) is 0 Å². The van der Waals surface area contributed by atoms with Gasteiger partial charge in [0.25, 0.3) is 0 Å². The van der Waals surface area contributed by atoms with Crippen molar-refractivity contribution in [1.82, 2.24) is 5.32 Å². The van der Waals surface area contributed by atoms with Crippen LogP contribution < -0.4 is 11.1 Å². The second-order valence-electron chi connectivity index (χ2n) is 6.78. The lowest BCUT2D eigenvalue weighted by atomic mass is 9.76. The molecule has 1 saturated carbocycles. The normalized spacial score (nSPS) is 22.9. The zero-order chi connectivity index (χ0) is 14.5. The van der Waals surface area contributed by atoms with Crippen molar-refractivity contribution in [3.63, 3.8) is 0 Å². The van der Waals surface area contributed by atoms with Crippen molar-refractivity contribution in [2.45, 2.75) is 70.9 Å². The number of amides is 1. The van der Waals surface area contributed by atoms with E-state index in [4.69, 9.17) is 10.5 Å². The molecule has 0 heterocycles. The van der Waals surface area contributed by atoms with Gasteiger partial charge >= 0.3 is 0 Å². The van der Waals surface area contributed by atoms with Crippen molar-refractivity contribution in [1.29, 1.82) is 0 Å². The highest BCUT2D eigenvalue weighted by Crippen LogP contribution is 2.36. The Morgan fingerprint density at radius 3 is 2.47 bits per heavy atom. The number of primary amides is 1. The van der Waals surface area contributed by atoms with Gasteiger partial charge < -0.3 is 15.8 Å². The van der Waals surface area contributed by atoms with E-state index >= 15 is 0 Å². The van der Waals surface area contributed by atoms with Crippen LogP contribution >= 0.6 is 0 Å². The monoisotopic (exact) mass is 270 g/mol. The first-order chi connectivity index (χ1) is 8.79. The van der Waals surface area contributed by atoms with E-state index in [-0.39, 0.29) is 5.91 Å². The molecular weight excluding hydrogens is 240 g/mol. The summed E-state index contributed by atoms with van der Waals surface area (Å²) in [5.74, 6) is -0.297. The molecule has 0 aromatic carbocycles. The maximum absolute atomic E-state index is 11.3. The van der Waals surface area contributed by atoms with Crippen LogP contribution in [0.4, 0.5) is 0 Å². The number of rotatable bonds is 7. The zero-order valence-corrected chi connectivity index (χ0v) is 12.9. The highest BCUT2D eigenvalue weighted by atomic mass is 16.5. The average Bonchev–Trinajstić information content (AvgIpc) is 2.35. The molecule has 1 aliphatic carbocycles. The first-order valence-electron chi connectivity index (χ1n) is 7.39. The van der Waals surface area contributed by atoms with E-state index in [2.05, 4.69) is 19.2 Å². The van der Waals surface area contributed by atoms with Crippen molar-refractivity contribution in [2.75, 3.05) is 13.7 Å². The Hall–Kier alpha value is -0.610. The Labute approximate surface area is 117 Å². The molecule has 4 nitrogen and oxygen atoms in total. The minimum atomic E-state index is -0.613. The molecule has 1 atom stereocenters. The standard InChI is InChI=1S/C15H30N2O2/c1-14(2)9-6-12(7-10-14)19-11-5-8-15(3,17-4)13(16)18/h12,17H,5-11H2,1-4H3,(H2,16,18). The van der Waals surface area contributed by atoms with Crippen LogP contribution in [-0.4, -0.2) is 31.2 Å². The number of hydrogen-bond acceptors (Lipinski definition) is 3. The second kappa shape index (κ2) is 6.71. The molecule has 112 valence electrons. The van der Waals surface area contributed by atoms with E-state index in [9.17, 15) is 4.79 Å². The van der Waals surface area contributed by atoms with E-state index in [0.29, 0.717) is 11.5 Å². The Morgan fingerprint density at radius 1 is 1.42 bits per heavy atom. The molecule has 0 aromatic heterocycles. The van der Waals surface area contributed by atoms with Crippen LogP contribution in [0.2, 0.25) is 0 Å². The smallest absolute Gasteiger partial charge is 0.237 e. The number of ether oxygens (including phenoxy) is 1. The molecule has 3 N–H and O–H groups in total. The molecule has 0 radical (unpaired) electrons. The lowest BCUT2D eigenvalue weighted by Crippen LogP contribution is -2.51. The average molecular weight is 270 g/mol. The summed E-state index contributed by atoms with van der Waals surface area (Å²) in [6.45, 7) is 7.22. The molecule has 0 aromatic rings. The van der Waals surface area contributed by atoms with E-state index in [1.54, 1.807) is 7.05 Å². The number of nitrogens with one attached hydrogen (secondary N) is 1. The van der Waals surface area contributed by atoms with Crippen molar-refractivity contribution in [3.8, 4) is 0 Å². The maximum atomic E-state index is 11.3. The highest BCUT2D eigenvalue weighted by molar-refractivity contribution is 5.84. The molecule has 1 unspecified atom stereocenters. The lowest BCUT2D eigenvalue weighted by molar-refractivity contribution is -0.124. The molecule has 0 spiro atoms. The molecule has 1 amide bonds. The number of carbonyl (C=O) groups excluding carboxylic acids is 1. The van der Waals surface area contributed by atoms with Crippen molar-refractivity contribution >= 4 is 5.91 Å². The SMILES string of the molecule is CNC(C)(CCCOC1CCC(C)(C)CC1)C(N)=O. The number of hydrogen-bond donors (Lipinski definition) is 2. The summed E-state index contributed by atoms with van der Waals surface area (Å²) < 4.78 is 5.92. The van der Waals surface area contributed by atoms with E-state index in [1.807, 2.05) is 6.92 Å². The summed E-state index contributed by atoms with van der Waals surface area (Å²) in [7, 11) is 1.77. The first-order valence-corrected chi connectivity index (χ1v) is 7.39. The van der Waals surface area contributed by atoms with Crippen LogP contribution in [0, 0.1) is 5.41 Å². The molecule has 1 fully saturated rings. The first kappa shape index (κ1) is 16.4. The zero-order valence-electron chi connectivity index (χ0n) is 12.9. The highest BCUT2D eigenvalue weighted by Gasteiger charge is 2.29. The van der Waals surface area contributed by atoms with Gasteiger partial charge in [-0.15, -0.1) is 0 Å². The van der Waals surface area contributed by atoms with Crippen molar-refractivity contribution in [2.24, 2.45) is 11.1 Å². The predicted molar refractivity (Wildman–Crippen MR) is 77.9 cm³/mol. The Kier molecular flexibility index (Phi) is 5.81. The molecule has 19 heavy (non-hydrogen) atoms. The molecule has 4 heteroatoms. The fourth-order valence-corrected chi connectivity index (χ4v) is 2.59. The fraction of sp³-hybridized carbons (Fsp3) is 0.933.